The van der Waals surface area contributed by atoms with Gasteiger partial charge in [-0.05, 0) is 52.3 Å². The van der Waals surface area contributed by atoms with Gasteiger partial charge in [0.05, 0.1) is 30.9 Å². The molecular formula is C25H33F2N5O4. The van der Waals surface area contributed by atoms with Gasteiger partial charge in [0.2, 0.25) is 0 Å². The van der Waals surface area contributed by atoms with Gasteiger partial charge in [-0.2, -0.15) is 13.9 Å². The van der Waals surface area contributed by atoms with Crippen LogP contribution in [-0.4, -0.2) is 62.4 Å². The van der Waals surface area contributed by atoms with E-state index in [1.165, 1.54) is 12.1 Å². The molecule has 0 aliphatic carbocycles. The van der Waals surface area contributed by atoms with E-state index in [0.717, 1.165) is 16.8 Å². The van der Waals surface area contributed by atoms with Gasteiger partial charge in [0, 0.05) is 24.6 Å². The fourth-order valence-corrected chi connectivity index (χ4v) is 4.88. The van der Waals surface area contributed by atoms with E-state index in [-0.39, 0.29) is 42.9 Å². The van der Waals surface area contributed by atoms with E-state index < -0.39 is 18.3 Å². The molecule has 0 radical (unpaired) electrons. The third-order valence-electron chi connectivity index (χ3n) is 6.60. The Morgan fingerprint density at radius 1 is 1.25 bits per heavy atom. The largest absolute Gasteiger partial charge is 0.444 e. The highest BCUT2D eigenvalue weighted by atomic mass is 19.3. The number of hydrogen-bond acceptors (Lipinski definition) is 6. The third-order valence-corrected chi connectivity index (χ3v) is 6.60. The van der Waals surface area contributed by atoms with Crippen LogP contribution in [0.3, 0.4) is 0 Å². The van der Waals surface area contributed by atoms with Crippen molar-refractivity contribution >= 4 is 12.0 Å². The number of rotatable bonds is 5. The number of carbonyl (C=O) groups is 2. The molecule has 2 unspecified atom stereocenters. The second-order valence-electron chi connectivity index (χ2n) is 10.3. The highest BCUT2D eigenvalue weighted by molar-refractivity contribution is 5.96. The number of nitrogens with zero attached hydrogens (tertiary/aromatic N) is 4. The maximum Gasteiger partial charge on any atom is 0.410 e. The Balaban J connectivity index is 1.63. The summed E-state index contributed by atoms with van der Waals surface area (Å²) >= 11 is 0. The summed E-state index contributed by atoms with van der Waals surface area (Å²) in [7, 11) is 0. The maximum absolute atomic E-state index is 13.9. The number of hydrogen-bond donors (Lipinski definition) is 1. The standard InChI is InChI=1S/C25H33F2N5O4/c1-14-10-20-19(13-30(14)24(34)36-25(3,4)5)21-22(33)32(17(11-28)12-31(21)29-20)15(2)16-6-8-18(9-7-16)35-23(26)27/h6-9,14-15,17,23H,10-13,28H2,1-5H3/t14-,15?,17?/m1/s1. The van der Waals surface area contributed by atoms with Crippen LogP contribution in [0, 0.1) is 0 Å². The average molecular weight is 506 g/mol. The smallest absolute Gasteiger partial charge is 0.410 e. The second-order valence-corrected chi connectivity index (χ2v) is 10.3. The zero-order valence-corrected chi connectivity index (χ0v) is 21.2. The second kappa shape index (κ2) is 9.68. The molecule has 2 aromatic rings. The number of benzene rings is 1. The molecular weight excluding hydrogens is 472 g/mol. The molecule has 0 bridgehead atoms. The molecule has 2 aliphatic heterocycles. The van der Waals surface area contributed by atoms with Crippen molar-refractivity contribution in [3.8, 4) is 5.75 Å². The summed E-state index contributed by atoms with van der Waals surface area (Å²) < 4.78 is 36.8. The Labute approximate surface area is 209 Å². The highest BCUT2D eigenvalue weighted by Crippen LogP contribution is 2.34. The van der Waals surface area contributed by atoms with Crippen LogP contribution < -0.4 is 10.5 Å². The van der Waals surface area contributed by atoms with Gasteiger partial charge in [0.15, 0.2) is 0 Å². The Morgan fingerprint density at radius 3 is 2.50 bits per heavy atom. The summed E-state index contributed by atoms with van der Waals surface area (Å²) in [5.74, 6) is -0.186. The van der Waals surface area contributed by atoms with Gasteiger partial charge < -0.3 is 25.0 Å². The Kier molecular flexibility index (Phi) is 6.96. The lowest BCUT2D eigenvalue weighted by atomic mass is 9.97. The van der Waals surface area contributed by atoms with Crippen LogP contribution in [0.4, 0.5) is 13.6 Å². The average Bonchev–Trinajstić information content (AvgIpc) is 3.14. The van der Waals surface area contributed by atoms with Crippen LogP contribution in [0.1, 0.15) is 68.0 Å². The van der Waals surface area contributed by atoms with Gasteiger partial charge in [-0.25, -0.2) is 4.79 Å². The van der Waals surface area contributed by atoms with Gasteiger partial charge in [0.25, 0.3) is 5.91 Å². The predicted octanol–water partition coefficient (Wildman–Crippen LogP) is 3.71. The van der Waals surface area contributed by atoms with Crippen molar-refractivity contribution in [3.05, 3.63) is 46.8 Å². The quantitative estimate of drug-likeness (QED) is 0.665. The molecule has 0 fully saturated rings. The molecule has 4 rings (SSSR count). The van der Waals surface area contributed by atoms with Gasteiger partial charge >= 0.3 is 12.7 Å². The molecule has 9 nitrogen and oxygen atoms in total. The first kappa shape index (κ1) is 25.9. The number of aromatic nitrogens is 2. The fraction of sp³-hybridized carbons (Fsp3) is 0.560. The molecule has 11 heteroatoms. The summed E-state index contributed by atoms with van der Waals surface area (Å²) in [5, 5.41) is 4.71. The number of amides is 2. The minimum Gasteiger partial charge on any atom is -0.444 e. The topological polar surface area (TPSA) is 103 Å². The van der Waals surface area contributed by atoms with E-state index in [4.69, 9.17) is 15.6 Å². The molecule has 1 aromatic carbocycles. The van der Waals surface area contributed by atoms with Crippen LogP contribution in [0.25, 0.3) is 0 Å². The van der Waals surface area contributed by atoms with E-state index in [1.54, 1.807) is 26.6 Å². The minimum atomic E-state index is -2.91. The molecule has 0 saturated carbocycles. The Hall–Kier alpha value is -3.21. The fourth-order valence-electron chi connectivity index (χ4n) is 4.88. The Bertz CT molecular complexity index is 1130. The van der Waals surface area contributed by atoms with Crippen molar-refractivity contribution in [1.29, 1.82) is 0 Å². The van der Waals surface area contributed by atoms with E-state index in [1.807, 2.05) is 34.6 Å². The lowest BCUT2D eigenvalue weighted by Gasteiger charge is -2.40. The van der Waals surface area contributed by atoms with Gasteiger partial charge in [0.1, 0.15) is 17.0 Å². The lowest BCUT2D eigenvalue weighted by Crippen LogP contribution is -2.53. The first-order valence-electron chi connectivity index (χ1n) is 12.0. The molecule has 3 atom stereocenters. The summed E-state index contributed by atoms with van der Waals surface area (Å²) in [6.07, 6.45) is 0.0797. The molecule has 2 aliphatic rings. The zero-order valence-electron chi connectivity index (χ0n) is 21.2. The van der Waals surface area contributed by atoms with Crippen LogP contribution >= 0.6 is 0 Å². The SMILES string of the molecule is CC(c1ccc(OC(F)F)cc1)N1C(=O)c2c3c(nn2CC1CN)C[C@@H](C)N(C(=O)OC(C)(C)C)C3. The van der Waals surface area contributed by atoms with Gasteiger partial charge in [-0.3, -0.25) is 9.48 Å². The van der Waals surface area contributed by atoms with Crippen molar-refractivity contribution in [1.82, 2.24) is 19.6 Å². The van der Waals surface area contributed by atoms with Crippen LogP contribution in [0.5, 0.6) is 5.75 Å². The lowest BCUT2D eigenvalue weighted by molar-refractivity contribution is -0.0498. The molecule has 2 N–H and O–H groups in total. The van der Waals surface area contributed by atoms with Crippen molar-refractivity contribution in [3.63, 3.8) is 0 Å². The number of nitrogens with two attached hydrogens (primary N) is 1. The van der Waals surface area contributed by atoms with Gasteiger partial charge in [-0.15, -0.1) is 0 Å². The number of ether oxygens (including phenoxy) is 2. The van der Waals surface area contributed by atoms with Gasteiger partial charge in [-0.1, -0.05) is 12.1 Å². The van der Waals surface area contributed by atoms with Crippen LogP contribution in [0.15, 0.2) is 24.3 Å². The van der Waals surface area contributed by atoms with Crippen molar-refractivity contribution in [2.45, 2.75) is 84.5 Å². The Morgan fingerprint density at radius 2 is 1.92 bits per heavy atom. The third kappa shape index (κ3) is 5.02. The number of alkyl halides is 2. The summed E-state index contributed by atoms with van der Waals surface area (Å²) in [4.78, 5) is 30.1. The van der Waals surface area contributed by atoms with E-state index in [2.05, 4.69) is 4.74 Å². The first-order chi connectivity index (χ1) is 16.9. The molecule has 0 saturated heterocycles. The monoisotopic (exact) mass is 505 g/mol. The molecule has 3 heterocycles. The van der Waals surface area contributed by atoms with Crippen LogP contribution in [-0.2, 0) is 24.2 Å². The molecule has 36 heavy (non-hydrogen) atoms. The normalized spacial score (nSPS) is 20.8. The predicted molar refractivity (Wildman–Crippen MR) is 128 cm³/mol. The number of carbonyl (C=O) groups excluding carboxylic acids is 2. The highest BCUT2D eigenvalue weighted by Gasteiger charge is 2.42. The summed E-state index contributed by atoms with van der Waals surface area (Å²) in [6.45, 7) is 7.21. The summed E-state index contributed by atoms with van der Waals surface area (Å²) in [5.41, 5.74) is 8.15. The summed E-state index contributed by atoms with van der Waals surface area (Å²) in [6, 6.07) is 5.42. The van der Waals surface area contributed by atoms with E-state index >= 15 is 0 Å². The maximum atomic E-state index is 13.9. The number of halogens is 2. The van der Waals surface area contributed by atoms with E-state index in [9.17, 15) is 18.4 Å². The molecule has 1 aromatic heterocycles. The van der Waals surface area contributed by atoms with E-state index in [0.29, 0.717) is 18.7 Å². The number of fused-ring (bicyclic) bond motifs is 3. The molecule has 196 valence electrons. The molecule has 2 amide bonds. The first-order valence-corrected chi connectivity index (χ1v) is 12.0. The van der Waals surface area contributed by atoms with Crippen LogP contribution in [0.2, 0.25) is 0 Å². The van der Waals surface area contributed by atoms with Crippen molar-refractivity contribution < 1.29 is 27.8 Å². The zero-order chi connectivity index (χ0) is 26.4. The van der Waals surface area contributed by atoms with Crippen molar-refractivity contribution in [2.75, 3.05) is 6.54 Å². The van der Waals surface area contributed by atoms with Crippen molar-refractivity contribution in [2.24, 2.45) is 5.73 Å². The minimum absolute atomic E-state index is 0.0461. The molecule has 0 spiro atoms.